The van der Waals surface area contributed by atoms with Crippen molar-refractivity contribution in [3.05, 3.63) is 45.4 Å². The summed E-state index contributed by atoms with van der Waals surface area (Å²) < 4.78 is 14.4. The lowest BCUT2D eigenvalue weighted by atomic mass is 9.95. The van der Waals surface area contributed by atoms with E-state index in [0.29, 0.717) is 24.2 Å². The number of rotatable bonds is 3. The third kappa shape index (κ3) is 3.06. The molecular weight excluding hydrogens is 339 g/mol. The van der Waals surface area contributed by atoms with Crippen LogP contribution in [-0.4, -0.2) is 18.4 Å². The summed E-state index contributed by atoms with van der Waals surface area (Å²) in [5.74, 6) is -0.732. The van der Waals surface area contributed by atoms with Gasteiger partial charge in [0.05, 0.1) is 11.3 Å². The van der Waals surface area contributed by atoms with E-state index in [1.54, 1.807) is 23.5 Å². The minimum absolute atomic E-state index is 0.0550. The molecule has 1 aliphatic carbocycles. The van der Waals surface area contributed by atoms with Crippen LogP contribution in [0.25, 0.3) is 0 Å². The summed E-state index contributed by atoms with van der Waals surface area (Å²) in [5, 5.41) is 4.69. The number of hydrogen-bond acceptors (Lipinski definition) is 3. The van der Waals surface area contributed by atoms with E-state index in [2.05, 4.69) is 5.32 Å². The van der Waals surface area contributed by atoms with Gasteiger partial charge in [-0.05, 0) is 55.9 Å². The van der Waals surface area contributed by atoms with E-state index in [-0.39, 0.29) is 17.5 Å². The first-order chi connectivity index (χ1) is 12.1. The highest BCUT2D eigenvalue weighted by Crippen LogP contribution is 2.31. The van der Waals surface area contributed by atoms with Gasteiger partial charge in [-0.15, -0.1) is 11.3 Å². The molecule has 0 bridgehead atoms. The molecule has 2 aromatic rings. The summed E-state index contributed by atoms with van der Waals surface area (Å²) in [7, 11) is 0. The van der Waals surface area contributed by atoms with Crippen molar-refractivity contribution in [2.45, 2.75) is 38.5 Å². The summed E-state index contributed by atoms with van der Waals surface area (Å²) in [4.78, 5) is 27.1. The second-order valence-electron chi connectivity index (χ2n) is 6.53. The number of benzene rings is 1. The van der Waals surface area contributed by atoms with Gasteiger partial charge in [0.1, 0.15) is 5.82 Å². The Morgan fingerprint density at radius 2 is 2.00 bits per heavy atom. The number of thiophene rings is 1. The van der Waals surface area contributed by atoms with Gasteiger partial charge in [-0.2, -0.15) is 0 Å². The fraction of sp³-hybridized carbons (Fsp3) is 0.368. The number of fused-ring (bicyclic) bond motifs is 1. The van der Waals surface area contributed by atoms with E-state index in [0.717, 1.165) is 31.2 Å². The second-order valence-corrected chi connectivity index (χ2v) is 7.49. The third-order valence-corrected chi connectivity index (χ3v) is 5.96. The van der Waals surface area contributed by atoms with E-state index < -0.39 is 5.82 Å². The number of anilines is 2. The monoisotopic (exact) mass is 358 g/mol. The van der Waals surface area contributed by atoms with Crippen LogP contribution in [0.4, 0.5) is 15.8 Å². The molecule has 0 radical (unpaired) electrons. The van der Waals surface area contributed by atoms with Crippen LogP contribution in [0.3, 0.4) is 0 Å². The highest BCUT2D eigenvalue weighted by Gasteiger charge is 2.25. The van der Waals surface area contributed by atoms with Gasteiger partial charge in [-0.1, -0.05) is 0 Å². The summed E-state index contributed by atoms with van der Waals surface area (Å²) >= 11 is 1.63. The van der Waals surface area contributed by atoms with Crippen LogP contribution < -0.4 is 10.2 Å². The Kier molecular flexibility index (Phi) is 4.29. The topological polar surface area (TPSA) is 49.4 Å². The lowest BCUT2D eigenvalue weighted by molar-refractivity contribution is -0.117. The van der Waals surface area contributed by atoms with Crippen molar-refractivity contribution in [2.75, 3.05) is 16.8 Å². The Morgan fingerprint density at radius 3 is 2.76 bits per heavy atom. The molecule has 0 atom stereocenters. The van der Waals surface area contributed by atoms with Crippen molar-refractivity contribution >= 4 is 34.5 Å². The molecule has 1 aromatic heterocycles. The molecule has 25 heavy (non-hydrogen) atoms. The van der Waals surface area contributed by atoms with Crippen molar-refractivity contribution in [1.29, 1.82) is 0 Å². The van der Waals surface area contributed by atoms with E-state index in [4.69, 9.17) is 0 Å². The number of aryl methyl sites for hydroxylation is 1. The van der Waals surface area contributed by atoms with Gasteiger partial charge in [-0.3, -0.25) is 9.59 Å². The lowest BCUT2D eigenvalue weighted by Gasteiger charge is -2.17. The quantitative estimate of drug-likeness (QED) is 0.896. The Bertz CT molecular complexity index is 846. The first-order valence-corrected chi connectivity index (χ1v) is 9.52. The van der Waals surface area contributed by atoms with Gasteiger partial charge in [0.15, 0.2) is 0 Å². The third-order valence-electron chi connectivity index (χ3n) is 4.88. The zero-order valence-electron chi connectivity index (χ0n) is 13.8. The standard InChI is InChI=1S/C19H19FN2O2S/c20-15-10-12(7-8-16(15)22-9-3-6-18(22)23)21-19(24)14-11-25-17-5-2-1-4-13(14)17/h7-8,10-11H,1-6,9H2,(H,21,24). The van der Waals surface area contributed by atoms with Gasteiger partial charge >= 0.3 is 0 Å². The van der Waals surface area contributed by atoms with E-state index in [1.807, 2.05) is 5.38 Å². The summed E-state index contributed by atoms with van der Waals surface area (Å²) in [5.41, 5.74) is 2.55. The Hall–Kier alpha value is -2.21. The largest absolute Gasteiger partial charge is 0.322 e. The van der Waals surface area contributed by atoms with Gasteiger partial charge < -0.3 is 10.2 Å². The summed E-state index contributed by atoms with van der Waals surface area (Å²) in [6.07, 6.45) is 5.47. The van der Waals surface area contributed by atoms with Crippen LogP contribution >= 0.6 is 11.3 Å². The molecule has 4 nitrogen and oxygen atoms in total. The average molecular weight is 358 g/mol. The predicted octanol–water partition coefficient (Wildman–Crippen LogP) is 4.15. The summed E-state index contributed by atoms with van der Waals surface area (Å²) in [6, 6.07) is 4.51. The Labute approximate surface area is 149 Å². The highest BCUT2D eigenvalue weighted by atomic mass is 32.1. The predicted molar refractivity (Wildman–Crippen MR) is 96.9 cm³/mol. The molecule has 2 heterocycles. The molecule has 130 valence electrons. The van der Waals surface area contributed by atoms with E-state index in [1.165, 1.54) is 22.3 Å². The van der Waals surface area contributed by atoms with Gasteiger partial charge in [0, 0.05) is 28.9 Å². The molecular formula is C19H19FN2O2S. The lowest BCUT2D eigenvalue weighted by Crippen LogP contribution is -2.24. The first kappa shape index (κ1) is 16.3. The number of nitrogens with one attached hydrogen (secondary N) is 1. The maximum Gasteiger partial charge on any atom is 0.256 e. The summed E-state index contributed by atoms with van der Waals surface area (Å²) in [6.45, 7) is 0.544. The zero-order valence-corrected chi connectivity index (χ0v) is 14.6. The van der Waals surface area contributed by atoms with Crippen LogP contribution in [0.15, 0.2) is 23.6 Å². The van der Waals surface area contributed by atoms with Crippen LogP contribution in [0.2, 0.25) is 0 Å². The Morgan fingerprint density at radius 1 is 1.16 bits per heavy atom. The normalized spacial score (nSPS) is 16.8. The number of amides is 2. The van der Waals surface area contributed by atoms with Gasteiger partial charge in [0.2, 0.25) is 5.91 Å². The second kappa shape index (κ2) is 6.59. The van der Waals surface area contributed by atoms with E-state index in [9.17, 15) is 14.0 Å². The number of halogens is 1. The molecule has 0 spiro atoms. The molecule has 1 fully saturated rings. The minimum atomic E-state index is -0.486. The number of hydrogen-bond donors (Lipinski definition) is 1. The number of nitrogens with zero attached hydrogens (tertiary/aromatic N) is 1. The van der Waals surface area contributed by atoms with Crippen molar-refractivity contribution in [2.24, 2.45) is 0 Å². The maximum atomic E-state index is 14.4. The van der Waals surface area contributed by atoms with Crippen LogP contribution in [-0.2, 0) is 17.6 Å². The molecule has 1 saturated heterocycles. The van der Waals surface area contributed by atoms with E-state index >= 15 is 0 Å². The number of carbonyl (C=O) groups is 2. The fourth-order valence-corrected chi connectivity index (χ4v) is 4.72. The molecule has 1 aromatic carbocycles. The Balaban J connectivity index is 1.53. The molecule has 1 N–H and O–H groups in total. The molecule has 4 rings (SSSR count). The highest BCUT2D eigenvalue weighted by molar-refractivity contribution is 7.10. The van der Waals surface area contributed by atoms with Crippen molar-refractivity contribution in [3.8, 4) is 0 Å². The number of carbonyl (C=O) groups excluding carboxylic acids is 2. The smallest absolute Gasteiger partial charge is 0.256 e. The average Bonchev–Trinajstić information content (AvgIpc) is 3.21. The van der Waals surface area contributed by atoms with Crippen molar-refractivity contribution < 1.29 is 14.0 Å². The molecule has 2 amide bonds. The molecule has 6 heteroatoms. The SMILES string of the molecule is O=C(Nc1ccc(N2CCCC2=O)c(F)c1)c1csc2c1CCCC2. The molecule has 0 saturated carbocycles. The maximum absolute atomic E-state index is 14.4. The zero-order chi connectivity index (χ0) is 17.4. The molecule has 1 aliphatic heterocycles. The van der Waals surface area contributed by atoms with Crippen LogP contribution in [0.1, 0.15) is 46.5 Å². The first-order valence-electron chi connectivity index (χ1n) is 8.64. The van der Waals surface area contributed by atoms with Crippen LogP contribution in [0, 0.1) is 5.82 Å². The minimum Gasteiger partial charge on any atom is -0.322 e. The van der Waals surface area contributed by atoms with Crippen molar-refractivity contribution in [3.63, 3.8) is 0 Å². The van der Waals surface area contributed by atoms with Gasteiger partial charge in [-0.25, -0.2) is 4.39 Å². The van der Waals surface area contributed by atoms with Crippen LogP contribution in [0.5, 0.6) is 0 Å². The van der Waals surface area contributed by atoms with Crippen molar-refractivity contribution in [1.82, 2.24) is 0 Å². The fourth-order valence-electron chi connectivity index (χ4n) is 3.59. The van der Waals surface area contributed by atoms with Gasteiger partial charge in [0.25, 0.3) is 5.91 Å². The molecule has 2 aliphatic rings. The molecule has 0 unspecified atom stereocenters.